The number of urea groups is 2. The van der Waals surface area contributed by atoms with Gasteiger partial charge in [0, 0.05) is 42.3 Å². The van der Waals surface area contributed by atoms with Crippen LogP contribution in [0.1, 0.15) is 11.1 Å². The molecule has 13 nitrogen and oxygen atoms in total. The number of amides is 4. The van der Waals surface area contributed by atoms with Crippen molar-refractivity contribution < 1.29 is 23.8 Å². The molecule has 2 N–H and O–H groups in total. The first-order chi connectivity index (χ1) is 18.5. The summed E-state index contributed by atoms with van der Waals surface area (Å²) >= 11 is 0. The number of methoxy groups -OCH3 is 1. The first-order valence-corrected chi connectivity index (χ1v) is 11.8. The molecule has 0 unspecified atom stereocenters. The van der Waals surface area contributed by atoms with E-state index in [-0.39, 0.29) is 12.1 Å². The molecule has 0 saturated carbocycles. The second-order valence-corrected chi connectivity index (χ2v) is 7.90. The number of carbonyl (C=O) groups excluding carboxylic acids is 2. The highest BCUT2D eigenvalue weighted by Crippen LogP contribution is 2.27. The minimum atomic E-state index is -0.0721. The van der Waals surface area contributed by atoms with Gasteiger partial charge in [-0.3, -0.25) is 0 Å². The molecule has 2 heterocycles. The van der Waals surface area contributed by atoms with E-state index in [9.17, 15) is 20.0 Å². The van der Waals surface area contributed by atoms with Crippen LogP contribution in [0.2, 0.25) is 0 Å². The normalized spacial score (nSPS) is 13.6. The van der Waals surface area contributed by atoms with Crippen LogP contribution < -0.4 is 24.8 Å². The molecule has 0 aliphatic carbocycles. The second-order valence-electron chi connectivity index (χ2n) is 7.90. The van der Waals surface area contributed by atoms with Crippen LogP contribution in [0.5, 0.6) is 17.2 Å². The summed E-state index contributed by atoms with van der Waals surface area (Å²) in [6.45, 7) is 4.46. The lowest BCUT2D eigenvalue weighted by atomic mass is 10.2. The van der Waals surface area contributed by atoms with Crippen molar-refractivity contribution in [2.45, 2.75) is 0 Å². The van der Waals surface area contributed by atoms with Crippen LogP contribution in [0.3, 0.4) is 0 Å². The largest absolute Gasteiger partial charge is 0.498 e. The van der Waals surface area contributed by atoms with Gasteiger partial charge in [-0.1, -0.05) is 12.1 Å². The molecule has 4 amide bonds. The third-order valence-corrected chi connectivity index (χ3v) is 5.52. The van der Waals surface area contributed by atoms with Gasteiger partial charge in [-0.05, 0) is 24.3 Å². The molecule has 0 atom stereocenters. The van der Waals surface area contributed by atoms with Crippen LogP contribution >= 0.6 is 0 Å². The van der Waals surface area contributed by atoms with Gasteiger partial charge in [0.1, 0.15) is 30.1 Å². The Kier molecular flexibility index (Phi) is 10.5. The molecule has 0 bridgehead atoms. The van der Waals surface area contributed by atoms with Crippen molar-refractivity contribution >= 4 is 12.1 Å². The first-order valence-electron chi connectivity index (χ1n) is 11.8. The number of ether oxygens (including phenoxy) is 3. The van der Waals surface area contributed by atoms with Gasteiger partial charge in [0.2, 0.25) is 0 Å². The van der Waals surface area contributed by atoms with Gasteiger partial charge >= 0.3 is 24.2 Å². The summed E-state index contributed by atoms with van der Waals surface area (Å²) in [6.07, 6.45) is 0. The molecule has 4 rings (SSSR count). The van der Waals surface area contributed by atoms with Gasteiger partial charge in [0.25, 0.3) is 0 Å². The Morgan fingerprint density at radius 2 is 1.45 bits per heavy atom. The molecule has 13 heteroatoms. The molecule has 0 spiro atoms. The van der Waals surface area contributed by atoms with Crippen LogP contribution in [0.4, 0.5) is 9.59 Å². The fraction of sp³-hybridized carbons (Fsp3) is 0.360. The minimum Gasteiger partial charge on any atom is -0.498 e. The fourth-order valence-corrected chi connectivity index (χ4v) is 3.62. The van der Waals surface area contributed by atoms with E-state index in [1.165, 1.54) is 7.11 Å². The van der Waals surface area contributed by atoms with E-state index in [4.69, 9.17) is 14.2 Å². The van der Waals surface area contributed by atoms with Crippen LogP contribution in [0, 0.1) is 22.6 Å². The zero-order valence-corrected chi connectivity index (χ0v) is 20.8. The summed E-state index contributed by atoms with van der Waals surface area (Å²) in [5.41, 5.74) is 1.03. The summed E-state index contributed by atoms with van der Waals surface area (Å²) in [6, 6.07) is 16.4. The van der Waals surface area contributed by atoms with Crippen LogP contribution in [0.25, 0.3) is 10.0 Å². The Morgan fingerprint density at radius 3 is 2.00 bits per heavy atom. The third kappa shape index (κ3) is 7.99. The monoisotopic (exact) mass is 524 g/mol. The average molecular weight is 525 g/mol. The SMILES string of the molecule is COc1cc(C#[N+][O-])ccc1OCCN1CCNC1=O.O=C1NCCN1CCOc1ccccc1C#[N+][O-]. The first kappa shape index (κ1) is 27.5. The Hall–Kier alpha value is -5.04. The quantitative estimate of drug-likeness (QED) is 0.479. The van der Waals surface area contributed by atoms with Gasteiger partial charge in [-0.15, -0.1) is 0 Å². The van der Waals surface area contributed by atoms with E-state index >= 15 is 0 Å². The Balaban J connectivity index is 0.000000212. The minimum absolute atomic E-state index is 0.0698. The fourth-order valence-electron chi connectivity index (χ4n) is 3.62. The Morgan fingerprint density at radius 1 is 0.842 bits per heavy atom. The van der Waals surface area contributed by atoms with Gasteiger partial charge in [-0.2, -0.15) is 0 Å². The third-order valence-electron chi connectivity index (χ3n) is 5.52. The maximum absolute atomic E-state index is 11.3. The van der Waals surface area contributed by atoms with Crippen molar-refractivity contribution in [2.24, 2.45) is 0 Å². The van der Waals surface area contributed by atoms with Crippen molar-refractivity contribution in [2.75, 3.05) is 59.6 Å². The molecule has 0 aromatic heterocycles. The number of nitrogens with zero attached hydrogens (tertiary/aromatic N) is 4. The van der Waals surface area contributed by atoms with Crippen LogP contribution in [0.15, 0.2) is 42.5 Å². The summed E-state index contributed by atoms with van der Waals surface area (Å²) in [4.78, 5) is 26.0. The van der Waals surface area contributed by atoms with E-state index in [1.807, 2.05) is 0 Å². The van der Waals surface area contributed by atoms with Gasteiger partial charge in [0.05, 0.1) is 20.2 Å². The Bertz CT molecular complexity index is 1230. The van der Waals surface area contributed by atoms with E-state index < -0.39 is 0 Å². The second kappa shape index (κ2) is 14.5. The molecule has 2 aliphatic heterocycles. The zero-order chi connectivity index (χ0) is 27.2. The molecule has 2 fully saturated rings. The van der Waals surface area contributed by atoms with Crippen molar-refractivity contribution in [1.29, 1.82) is 0 Å². The number of carbonyl (C=O) groups is 2. The Labute approximate surface area is 219 Å². The highest BCUT2D eigenvalue weighted by atomic mass is 16.5. The summed E-state index contributed by atoms with van der Waals surface area (Å²) in [7, 11) is 1.51. The summed E-state index contributed by atoms with van der Waals surface area (Å²) in [5.74, 6) is 1.57. The molecule has 2 aromatic carbocycles. The number of para-hydroxylation sites is 1. The summed E-state index contributed by atoms with van der Waals surface area (Å²) in [5, 5.41) is 30.9. The summed E-state index contributed by atoms with van der Waals surface area (Å²) < 4.78 is 16.3. The van der Waals surface area contributed by atoms with Crippen molar-refractivity contribution in [3.8, 4) is 29.4 Å². The van der Waals surface area contributed by atoms with Crippen molar-refractivity contribution in [1.82, 2.24) is 20.4 Å². The molecule has 2 aliphatic rings. The number of benzene rings is 2. The predicted octanol–water partition coefficient (Wildman–Crippen LogP) is 2.55. The van der Waals surface area contributed by atoms with Gasteiger partial charge < -0.3 is 45.1 Å². The lowest BCUT2D eigenvalue weighted by Crippen LogP contribution is -2.31. The standard InChI is InChI=1S/C13H15N3O4.C12H13N3O3/c1-19-12-8-10(9-15-18)2-3-11(12)20-7-6-16-5-4-14-13(16)17;16-12-13-5-6-15(12)7-8-18-11-4-2-1-3-10(11)9-14-17/h2-3,8H,4-7H2,1H3,(H,14,17);1-4H,5-8H2,(H,13,16). The smallest absolute Gasteiger partial charge is 0.340 e. The van der Waals surface area contributed by atoms with Crippen LogP contribution in [-0.4, -0.2) is 81.5 Å². The molecule has 2 saturated heterocycles. The van der Waals surface area contributed by atoms with E-state index in [1.54, 1.807) is 52.3 Å². The maximum atomic E-state index is 11.3. The number of hydrogen-bond donors (Lipinski definition) is 2. The van der Waals surface area contributed by atoms with Crippen molar-refractivity contribution in [3.63, 3.8) is 0 Å². The number of nitrogens with one attached hydrogen (secondary N) is 2. The number of rotatable bonds is 9. The van der Waals surface area contributed by atoms with E-state index in [2.05, 4.69) is 32.8 Å². The lowest BCUT2D eigenvalue weighted by Gasteiger charge is -2.15. The van der Waals surface area contributed by atoms with Gasteiger partial charge in [0.15, 0.2) is 11.5 Å². The van der Waals surface area contributed by atoms with Crippen molar-refractivity contribution in [3.05, 3.63) is 74.0 Å². The highest BCUT2D eigenvalue weighted by molar-refractivity contribution is 5.76. The van der Waals surface area contributed by atoms with E-state index in [0.717, 1.165) is 0 Å². The number of hydrogen-bond acceptors (Lipinski definition) is 7. The van der Waals surface area contributed by atoms with Crippen LogP contribution in [-0.2, 0) is 0 Å². The molecule has 0 radical (unpaired) electrons. The molecular weight excluding hydrogens is 496 g/mol. The zero-order valence-electron chi connectivity index (χ0n) is 20.8. The van der Waals surface area contributed by atoms with E-state index in [0.29, 0.717) is 80.9 Å². The van der Waals surface area contributed by atoms with Gasteiger partial charge in [-0.25, -0.2) is 9.59 Å². The topological polar surface area (TPSA) is 147 Å². The average Bonchev–Trinajstić information content (AvgIpc) is 3.53. The lowest BCUT2D eigenvalue weighted by molar-refractivity contribution is 0.201. The molecule has 2 aromatic rings. The highest BCUT2D eigenvalue weighted by Gasteiger charge is 2.20. The molecule has 38 heavy (non-hydrogen) atoms. The molecule has 200 valence electrons. The maximum Gasteiger partial charge on any atom is 0.340 e. The predicted molar refractivity (Wildman–Crippen MR) is 140 cm³/mol. The molecular formula is C25H28N6O7.